The topological polar surface area (TPSA) is 69.7 Å². The molecule has 0 bridgehead atoms. The van der Waals surface area contributed by atoms with E-state index in [-0.39, 0.29) is 11.8 Å². The molecule has 7 heteroatoms. The van der Waals surface area contributed by atoms with E-state index in [4.69, 9.17) is 4.74 Å². The Morgan fingerprint density at radius 3 is 2.67 bits per heavy atom. The molecule has 0 aromatic carbocycles. The van der Waals surface area contributed by atoms with Crippen LogP contribution < -0.4 is 0 Å². The lowest BCUT2D eigenvalue weighted by Gasteiger charge is -2.33. The molecule has 1 aliphatic rings. The Kier molecular flexibility index (Phi) is 6.83. The minimum Gasteiger partial charge on any atom is -0.772 e. The van der Waals surface area contributed by atoms with Crippen molar-refractivity contribution in [2.24, 2.45) is 5.92 Å². The second kappa shape index (κ2) is 8.45. The number of hydrogen-bond donors (Lipinski definition) is 0. The maximum absolute atomic E-state index is 12.1. The molecule has 0 radical (unpaired) electrons. The van der Waals surface area contributed by atoms with Gasteiger partial charge in [0.05, 0.1) is 0 Å². The van der Waals surface area contributed by atoms with Crippen LogP contribution in [-0.4, -0.2) is 38.4 Å². The van der Waals surface area contributed by atoms with Crippen LogP contribution in [0.25, 0.3) is 0 Å². The summed E-state index contributed by atoms with van der Waals surface area (Å²) >= 11 is -0.399. The molecule has 1 unspecified atom stereocenters. The van der Waals surface area contributed by atoms with Crippen LogP contribution >= 0.6 is 11.3 Å². The zero-order valence-electron chi connectivity index (χ0n) is 14.6. The Hall–Kier alpha value is -0.920. The molecule has 5 nitrogen and oxygen atoms in total. The Bertz CT molecular complexity index is 571. The maximum Gasteiger partial charge on any atom is 0.410 e. The Morgan fingerprint density at radius 1 is 1.42 bits per heavy atom. The average Bonchev–Trinajstić information content (AvgIpc) is 2.90. The minimum absolute atomic E-state index is 0.107. The van der Waals surface area contributed by atoms with E-state index in [2.05, 4.69) is 0 Å². The molecule has 1 fully saturated rings. The van der Waals surface area contributed by atoms with E-state index >= 15 is 0 Å². The molecule has 0 saturated carbocycles. The third kappa shape index (κ3) is 6.18. The van der Waals surface area contributed by atoms with Crippen molar-refractivity contribution >= 4 is 28.5 Å². The second-order valence-corrected chi connectivity index (χ2v) is 9.16. The fraction of sp³-hybridized carbons (Fsp3) is 0.706. The first kappa shape index (κ1) is 19.4. The zero-order chi connectivity index (χ0) is 17.7. The van der Waals surface area contributed by atoms with Crippen molar-refractivity contribution in [1.82, 2.24) is 4.90 Å². The molecule has 1 atom stereocenters. The van der Waals surface area contributed by atoms with Gasteiger partial charge in [0.1, 0.15) is 5.60 Å². The number of amides is 1. The van der Waals surface area contributed by atoms with Gasteiger partial charge in [-0.25, -0.2) is 4.79 Å². The highest BCUT2D eigenvalue weighted by Gasteiger charge is 2.26. The number of hydrogen-bond acceptors (Lipinski definition) is 5. The van der Waals surface area contributed by atoms with E-state index in [1.54, 1.807) is 16.2 Å². The maximum atomic E-state index is 12.1. The first-order valence-corrected chi connectivity index (χ1v) is 10.5. The number of rotatable bonds is 5. The van der Waals surface area contributed by atoms with Crippen molar-refractivity contribution in [3.63, 3.8) is 0 Å². The van der Waals surface area contributed by atoms with E-state index in [0.29, 0.717) is 5.92 Å². The minimum atomic E-state index is -2.03. The monoisotopic (exact) mass is 372 g/mol. The van der Waals surface area contributed by atoms with Crippen LogP contribution in [0, 0.1) is 5.92 Å². The molecule has 1 aromatic heterocycles. The van der Waals surface area contributed by atoms with Crippen molar-refractivity contribution in [2.75, 3.05) is 13.1 Å². The third-order valence-electron chi connectivity index (χ3n) is 4.16. The van der Waals surface area contributed by atoms with Crippen LogP contribution in [0.3, 0.4) is 0 Å². The molecule has 136 valence electrons. The van der Waals surface area contributed by atoms with Gasteiger partial charge in [-0.2, -0.15) is 0 Å². The molecule has 0 N–H and O–H groups in total. The smallest absolute Gasteiger partial charge is 0.410 e. The Labute approximate surface area is 150 Å². The van der Waals surface area contributed by atoms with Crippen LogP contribution in [0.1, 0.15) is 50.5 Å². The van der Waals surface area contributed by atoms with Crippen LogP contribution in [0.2, 0.25) is 0 Å². The lowest BCUT2D eigenvalue weighted by Crippen LogP contribution is -2.41. The first-order valence-electron chi connectivity index (χ1n) is 8.33. The summed E-state index contributed by atoms with van der Waals surface area (Å²) in [7, 11) is 0. The lowest BCUT2D eigenvalue weighted by molar-refractivity contribution is 0.0181. The van der Waals surface area contributed by atoms with E-state index in [1.807, 2.05) is 32.2 Å². The van der Waals surface area contributed by atoms with Crippen LogP contribution in [0.15, 0.2) is 11.4 Å². The molecular formula is C17H26NO4S2-. The average molecular weight is 373 g/mol. The standard InChI is InChI=1S/C17H27NO4S2/c1-17(2,3)22-16(19)18-9-6-13(7-10-18)4-5-15-14(8-11-23-15)12-24(20)21/h8,11,13H,4-7,9-10,12H2,1-3H3,(H,20,21)/p-1. The molecule has 1 saturated heterocycles. The number of thiophene rings is 1. The van der Waals surface area contributed by atoms with Crippen LogP contribution in [-0.2, 0) is 28.0 Å². The summed E-state index contributed by atoms with van der Waals surface area (Å²) in [6.45, 7) is 7.12. The summed E-state index contributed by atoms with van der Waals surface area (Å²) in [5, 5.41) is 1.96. The molecule has 2 heterocycles. The molecule has 1 aromatic rings. The van der Waals surface area contributed by atoms with Gasteiger partial charge in [-0.05, 0) is 69.4 Å². The van der Waals surface area contributed by atoms with E-state index < -0.39 is 16.7 Å². The van der Waals surface area contributed by atoms with E-state index in [9.17, 15) is 13.6 Å². The van der Waals surface area contributed by atoms with Gasteiger partial charge in [0.25, 0.3) is 0 Å². The van der Waals surface area contributed by atoms with Crippen molar-refractivity contribution < 1.29 is 18.3 Å². The molecular weight excluding hydrogens is 346 g/mol. The summed E-state index contributed by atoms with van der Waals surface area (Å²) < 4.78 is 27.2. The number of piperidine rings is 1. The molecule has 2 rings (SSSR count). The summed E-state index contributed by atoms with van der Waals surface area (Å²) in [6.07, 6.45) is 3.70. The van der Waals surface area contributed by atoms with Gasteiger partial charge in [0.15, 0.2) is 0 Å². The van der Waals surface area contributed by atoms with Gasteiger partial charge in [0, 0.05) is 23.7 Å². The normalized spacial score (nSPS) is 17.8. The van der Waals surface area contributed by atoms with Crippen molar-refractivity contribution in [3.8, 4) is 0 Å². The highest BCUT2D eigenvalue weighted by atomic mass is 32.2. The molecule has 0 aliphatic carbocycles. The Morgan fingerprint density at radius 2 is 2.08 bits per heavy atom. The first-order chi connectivity index (χ1) is 11.2. The van der Waals surface area contributed by atoms with E-state index in [1.165, 1.54) is 4.88 Å². The predicted molar refractivity (Wildman–Crippen MR) is 95.8 cm³/mol. The number of ether oxygens (including phenoxy) is 1. The van der Waals surface area contributed by atoms with Crippen molar-refractivity contribution in [2.45, 2.75) is 57.8 Å². The van der Waals surface area contributed by atoms with Crippen molar-refractivity contribution in [3.05, 3.63) is 21.9 Å². The summed E-state index contributed by atoms with van der Waals surface area (Å²) in [5.41, 5.74) is 0.477. The van der Waals surface area contributed by atoms with Crippen LogP contribution in [0.5, 0.6) is 0 Å². The SMILES string of the molecule is CC(C)(C)OC(=O)N1CCC(CCc2sccc2CS(=O)[O-])CC1. The number of likely N-dealkylation sites (tertiary alicyclic amines) is 1. The quantitative estimate of drug-likeness (QED) is 0.739. The van der Waals surface area contributed by atoms with Crippen molar-refractivity contribution in [1.29, 1.82) is 0 Å². The molecule has 24 heavy (non-hydrogen) atoms. The fourth-order valence-corrected chi connectivity index (χ4v) is 4.45. The summed E-state index contributed by atoms with van der Waals surface area (Å²) in [5.74, 6) is 0.687. The summed E-state index contributed by atoms with van der Waals surface area (Å²) in [4.78, 5) is 15.0. The lowest BCUT2D eigenvalue weighted by atomic mass is 9.92. The molecule has 0 spiro atoms. The number of aryl methyl sites for hydroxylation is 1. The van der Waals surface area contributed by atoms with Crippen LogP contribution in [0.4, 0.5) is 4.79 Å². The fourth-order valence-electron chi connectivity index (χ4n) is 2.91. The van der Waals surface area contributed by atoms with Gasteiger partial charge < -0.3 is 14.2 Å². The second-order valence-electron chi connectivity index (χ2n) is 7.27. The zero-order valence-corrected chi connectivity index (χ0v) is 16.2. The van der Waals surface area contributed by atoms with Gasteiger partial charge in [-0.1, -0.05) is 11.1 Å². The highest BCUT2D eigenvalue weighted by molar-refractivity contribution is 7.78. The molecule has 1 amide bonds. The van der Waals surface area contributed by atoms with E-state index in [0.717, 1.165) is 44.3 Å². The number of carbonyl (C=O) groups excluding carboxylic acids is 1. The van der Waals surface area contributed by atoms with Gasteiger partial charge >= 0.3 is 6.09 Å². The molecule has 1 aliphatic heterocycles. The van der Waals surface area contributed by atoms with Gasteiger partial charge in [-0.3, -0.25) is 4.21 Å². The largest absolute Gasteiger partial charge is 0.772 e. The van der Waals surface area contributed by atoms with Gasteiger partial charge in [-0.15, -0.1) is 11.3 Å². The Balaban J connectivity index is 1.77. The highest BCUT2D eigenvalue weighted by Crippen LogP contribution is 2.27. The third-order valence-corrected chi connectivity index (χ3v) is 5.73. The van der Waals surface area contributed by atoms with Gasteiger partial charge in [0.2, 0.25) is 0 Å². The number of carbonyl (C=O) groups is 1. The number of nitrogens with zero attached hydrogens (tertiary/aromatic N) is 1. The summed E-state index contributed by atoms with van der Waals surface area (Å²) in [6, 6.07) is 1.90. The predicted octanol–water partition coefficient (Wildman–Crippen LogP) is 3.71.